The number of rotatable bonds is 19. The normalized spacial score (nSPS) is 12.1. The first-order valence-corrected chi connectivity index (χ1v) is 16.0. The van der Waals surface area contributed by atoms with Gasteiger partial charge in [-0.15, -0.1) is 0 Å². The molecule has 0 fully saturated rings. The first-order chi connectivity index (χ1) is 18.6. The smallest absolute Gasteiger partial charge is 0.0636 e. The van der Waals surface area contributed by atoms with E-state index in [9.17, 15) is 0 Å². The Morgan fingerprint density at radius 3 is 1.28 bits per heavy atom. The van der Waals surface area contributed by atoms with E-state index in [2.05, 4.69) is 77.9 Å². The minimum absolute atomic E-state index is 0. The predicted molar refractivity (Wildman–Crippen MR) is 171 cm³/mol. The quantitative estimate of drug-likeness (QED) is 0.0845. The number of aliphatic imine (C=N–C) groups is 2. The Balaban J connectivity index is 0.00000760. The topological polar surface area (TPSA) is 24.7 Å². The molecule has 0 unspecified atom stereocenters. The second-order valence-electron chi connectivity index (χ2n) is 10.9. The zero-order chi connectivity index (χ0) is 27.6. The molecule has 39 heavy (non-hydrogen) atoms. The van der Waals surface area contributed by atoms with Crippen molar-refractivity contribution in [1.82, 2.24) is 0 Å². The Kier molecular flexibility index (Phi) is 19.3. The van der Waals surface area contributed by atoms with E-state index < -0.39 is 0 Å². The molecule has 0 aliphatic carbocycles. The van der Waals surface area contributed by atoms with Crippen molar-refractivity contribution in [3.05, 3.63) is 58.7 Å². The molecule has 0 bridgehead atoms. The third-order valence-corrected chi connectivity index (χ3v) is 7.35. The maximum absolute atomic E-state index is 5.34. The molecule has 0 heterocycles. The molecule has 2 aromatic rings. The van der Waals surface area contributed by atoms with Gasteiger partial charge in [0.2, 0.25) is 0 Å². The Bertz CT molecular complexity index is 1010. The minimum Gasteiger partial charge on any atom is -0.252 e. The molecule has 0 radical (unpaired) electrons. The van der Waals surface area contributed by atoms with Crippen molar-refractivity contribution in [2.45, 2.75) is 144 Å². The van der Waals surface area contributed by atoms with Crippen LogP contribution in [0.5, 0.6) is 0 Å². The fourth-order valence-corrected chi connectivity index (χ4v) is 5.30. The summed E-state index contributed by atoms with van der Waals surface area (Å²) in [4.78, 5) is 10.7. The van der Waals surface area contributed by atoms with Crippen LogP contribution >= 0.6 is 0 Å². The maximum atomic E-state index is 5.34. The summed E-state index contributed by atoms with van der Waals surface area (Å²) in [5.41, 5.74) is 10.5. The molecular formula is C36H56N2Pd. The molecule has 2 aromatic carbocycles. The minimum atomic E-state index is 0. The van der Waals surface area contributed by atoms with Gasteiger partial charge in [0, 0.05) is 20.4 Å². The average Bonchev–Trinajstić information content (AvgIpc) is 2.91. The van der Waals surface area contributed by atoms with E-state index in [1.165, 1.54) is 91.5 Å². The number of benzene rings is 2. The monoisotopic (exact) mass is 622 g/mol. The van der Waals surface area contributed by atoms with Gasteiger partial charge in [0.15, 0.2) is 0 Å². The van der Waals surface area contributed by atoms with Gasteiger partial charge in [-0.2, -0.15) is 0 Å². The molecule has 0 aliphatic rings. The summed E-state index contributed by atoms with van der Waals surface area (Å²) in [6, 6.07) is 13.8. The number of unbranched alkanes of at least 4 members (excludes halogenated alkanes) is 4. The Hall–Kier alpha value is -1.56. The van der Waals surface area contributed by atoms with E-state index in [1.807, 2.05) is 0 Å². The third-order valence-electron chi connectivity index (χ3n) is 7.35. The summed E-state index contributed by atoms with van der Waals surface area (Å²) in [5, 5.41) is 0. The number of aryl methyl sites for hydroxylation is 4. The molecule has 0 aromatic heterocycles. The van der Waals surface area contributed by atoms with Crippen LogP contribution in [0.25, 0.3) is 0 Å². The first-order valence-electron chi connectivity index (χ1n) is 16.0. The van der Waals surface area contributed by atoms with Crippen LogP contribution < -0.4 is 0 Å². The van der Waals surface area contributed by atoms with Crippen molar-refractivity contribution in [3.63, 3.8) is 0 Å². The van der Waals surface area contributed by atoms with Crippen molar-refractivity contribution in [3.8, 4) is 0 Å². The van der Waals surface area contributed by atoms with Gasteiger partial charge >= 0.3 is 0 Å². The molecule has 0 N–H and O–H groups in total. The van der Waals surface area contributed by atoms with Crippen LogP contribution in [-0.4, -0.2) is 11.4 Å². The van der Waals surface area contributed by atoms with Gasteiger partial charge in [0.05, 0.1) is 22.8 Å². The van der Waals surface area contributed by atoms with Gasteiger partial charge in [0.1, 0.15) is 0 Å². The maximum Gasteiger partial charge on any atom is 0.0636 e. The predicted octanol–water partition coefficient (Wildman–Crippen LogP) is 11.5. The van der Waals surface area contributed by atoms with Gasteiger partial charge in [0.25, 0.3) is 0 Å². The molecule has 2 nitrogen and oxygen atoms in total. The zero-order valence-electron chi connectivity index (χ0n) is 26.0. The summed E-state index contributed by atoms with van der Waals surface area (Å²) >= 11 is 0. The average molecular weight is 623 g/mol. The van der Waals surface area contributed by atoms with Crippen molar-refractivity contribution in [2.75, 3.05) is 0 Å². The van der Waals surface area contributed by atoms with E-state index in [4.69, 9.17) is 9.98 Å². The van der Waals surface area contributed by atoms with Gasteiger partial charge < -0.3 is 0 Å². The van der Waals surface area contributed by atoms with Crippen LogP contribution in [0.4, 0.5) is 11.4 Å². The largest absolute Gasteiger partial charge is 0.252 e. The van der Waals surface area contributed by atoms with Crippen LogP contribution in [0.1, 0.15) is 141 Å². The second-order valence-corrected chi connectivity index (χ2v) is 10.9. The Morgan fingerprint density at radius 2 is 0.872 bits per heavy atom. The molecule has 0 atom stereocenters. The summed E-state index contributed by atoms with van der Waals surface area (Å²) in [6.45, 7) is 13.7. The van der Waals surface area contributed by atoms with Crippen LogP contribution in [0.2, 0.25) is 0 Å². The van der Waals surface area contributed by atoms with E-state index in [1.54, 1.807) is 0 Å². The molecule has 0 aliphatic heterocycles. The first kappa shape index (κ1) is 35.5. The van der Waals surface area contributed by atoms with Crippen LogP contribution in [-0.2, 0) is 46.1 Å². The number of nitrogens with zero attached hydrogens (tertiary/aromatic N) is 2. The van der Waals surface area contributed by atoms with Crippen molar-refractivity contribution in [1.29, 1.82) is 0 Å². The fourth-order valence-electron chi connectivity index (χ4n) is 5.30. The molecule has 0 amide bonds. The number of hydrogen-bond acceptors (Lipinski definition) is 2. The molecule has 3 heteroatoms. The van der Waals surface area contributed by atoms with E-state index in [0.717, 1.165) is 56.3 Å². The van der Waals surface area contributed by atoms with Crippen molar-refractivity contribution < 1.29 is 20.4 Å². The summed E-state index contributed by atoms with van der Waals surface area (Å²) in [5.74, 6) is 0. The summed E-state index contributed by atoms with van der Waals surface area (Å²) in [7, 11) is 0. The number of hydrogen-bond donors (Lipinski definition) is 0. The van der Waals surface area contributed by atoms with E-state index in [-0.39, 0.29) is 20.4 Å². The van der Waals surface area contributed by atoms with Gasteiger partial charge in [-0.05, 0) is 97.9 Å². The SMILES string of the molecule is CCCCCCC(=Nc1ccc(CCC)c(CCC)c1)C(CCCC)=Nc1ccc(CCC)c(CCC)c1.[Pd]. The fraction of sp³-hybridized carbons (Fsp3) is 0.611. The molecular weight excluding hydrogens is 567 g/mol. The van der Waals surface area contributed by atoms with Crippen LogP contribution in [0.3, 0.4) is 0 Å². The van der Waals surface area contributed by atoms with E-state index in [0.29, 0.717) is 0 Å². The van der Waals surface area contributed by atoms with Crippen molar-refractivity contribution >= 4 is 22.8 Å². The molecule has 0 saturated heterocycles. The van der Waals surface area contributed by atoms with Gasteiger partial charge in [-0.1, -0.05) is 105 Å². The second kappa shape index (κ2) is 21.2. The van der Waals surface area contributed by atoms with Gasteiger partial charge in [-0.25, -0.2) is 0 Å². The van der Waals surface area contributed by atoms with Crippen molar-refractivity contribution in [2.24, 2.45) is 9.98 Å². The molecule has 0 saturated carbocycles. The standard InChI is InChI=1S/C36H56N2.Pd/c1-7-13-15-16-22-36(38-34-26-24-30(18-10-4)32(28-34)20-12-6)35(21-14-8-2)37-33-25-23-29(17-9-3)31(27-33)19-11-5;/h23-28H,7-22H2,1-6H3;. The molecule has 2 rings (SSSR count). The molecule has 220 valence electrons. The molecule has 0 spiro atoms. The Labute approximate surface area is 255 Å². The Morgan fingerprint density at radius 1 is 0.462 bits per heavy atom. The van der Waals surface area contributed by atoms with Crippen LogP contribution in [0.15, 0.2) is 46.4 Å². The van der Waals surface area contributed by atoms with E-state index >= 15 is 0 Å². The van der Waals surface area contributed by atoms with Crippen LogP contribution in [0, 0.1) is 0 Å². The third kappa shape index (κ3) is 12.7. The summed E-state index contributed by atoms with van der Waals surface area (Å²) < 4.78 is 0. The zero-order valence-corrected chi connectivity index (χ0v) is 27.5. The van der Waals surface area contributed by atoms with Gasteiger partial charge in [-0.3, -0.25) is 9.98 Å². The summed E-state index contributed by atoms with van der Waals surface area (Å²) in [6.07, 6.45) is 18.6.